The average Bonchev–Trinajstić information content (AvgIpc) is 2.76. The quantitative estimate of drug-likeness (QED) is 0.720. The molecular weight excluding hydrogens is 275 g/mol. The molecular formula is C16H20ClFN2. The molecule has 1 saturated carbocycles. The summed E-state index contributed by atoms with van der Waals surface area (Å²) in [5, 5.41) is 0. The van der Waals surface area contributed by atoms with Crippen LogP contribution in [0.1, 0.15) is 45.0 Å². The standard InChI is InChI=1S/C16H20ClFN2/c1-10-3-6-14(11(2)7-10)20-15-8-12(18)4-5-13(15)19-16(20)9-17/h4-5,8,10-11,14H,3,6-7,9H2,1-2H3. The summed E-state index contributed by atoms with van der Waals surface area (Å²) in [4.78, 5) is 4.57. The third kappa shape index (κ3) is 2.32. The number of fused-ring (bicyclic) bond motifs is 1. The minimum Gasteiger partial charge on any atom is -0.323 e. The lowest BCUT2D eigenvalue weighted by Gasteiger charge is -2.34. The largest absolute Gasteiger partial charge is 0.323 e. The van der Waals surface area contributed by atoms with E-state index in [4.69, 9.17) is 11.6 Å². The Bertz CT molecular complexity index is 622. The lowest BCUT2D eigenvalue weighted by Crippen LogP contribution is -2.25. The fourth-order valence-corrected chi connectivity index (χ4v) is 3.80. The first-order valence-corrected chi connectivity index (χ1v) is 7.86. The molecule has 3 rings (SSSR count). The molecule has 4 heteroatoms. The summed E-state index contributed by atoms with van der Waals surface area (Å²) in [7, 11) is 0. The highest BCUT2D eigenvalue weighted by molar-refractivity contribution is 6.16. The number of hydrogen-bond acceptors (Lipinski definition) is 1. The molecule has 0 radical (unpaired) electrons. The molecule has 0 aliphatic heterocycles. The van der Waals surface area contributed by atoms with Crippen LogP contribution >= 0.6 is 11.6 Å². The molecule has 0 spiro atoms. The van der Waals surface area contributed by atoms with Crippen LogP contribution in [0.25, 0.3) is 11.0 Å². The van der Waals surface area contributed by atoms with Crippen molar-refractivity contribution >= 4 is 22.6 Å². The van der Waals surface area contributed by atoms with Gasteiger partial charge in [-0.1, -0.05) is 13.8 Å². The van der Waals surface area contributed by atoms with Crippen LogP contribution < -0.4 is 0 Å². The molecule has 0 saturated heterocycles. The first-order chi connectivity index (χ1) is 9.60. The number of benzene rings is 1. The van der Waals surface area contributed by atoms with E-state index in [2.05, 4.69) is 23.4 Å². The van der Waals surface area contributed by atoms with Gasteiger partial charge >= 0.3 is 0 Å². The molecule has 108 valence electrons. The van der Waals surface area contributed by atoms with E-state index < -0.39 is 0 Å². The van der Waals surface area contributed by atoms with E-state index in [1.54, 1.807) is 12.1 Å². The minimum absolute atomic E-state index is 0.211. The third-order valence-electron chi connectivity index (χ3n) is 4.56. The molecule has 1 aromatic carbocycles. The normalized spacial score (nSPS) is 27.1. The van der Waals surface area contributed by atoms with E-state index in [0.717, 1.165) is 29.2 Å². The second-order valence-corrected chi connectivity index (χ2v) is 6.39. The predicted octanol–water partition coefficient (Wildman–Crippen LogP) is 4.91. The first-order valence-electron chi connectivity index (χ1n) is 7.32. The van der Waals surface area contributed by atoms with Crippen molar-refractivity contribution in [1.29, 1.82) is 0 Å². The van der Waals surface area contributed by atoms with Gasteiger partial charge in [-0.2, -0.15) is 0 Å². The number of imidazole rings is 1. The van der Waals surface area contributed by atoms with Crippen molar-refractivity contribution in [3.8, 4) is 0 Å². The van der Waals surface area contributed by atoms with Crippen molar-refractivity contribution in [1.82, 2.24) is 9.55 Å². The van der Waals surface area contributed by atoms with E-state index in [-0.39, 0.29) is 5.82 Å². The molecule has 1 aliphatic rings. The number of aromatic nitrogens is 2. The van der Waals surface area contributed by atoms with Crippen LogP contribution in [-0.4, -0.2) is 9.55 Å². The Hall–Kier alpha value is -1.09. The number of halogens is 2. The highest BCUT2D eigenvalue weighted by Gasteiger charge is 2.29. The summed E-state index contributed by atoms with van der Waals surface area (Å²) < 4.78 is 15.8. The van der Waals surface area contributed by atoms with E-state index >= 15 is 0 Å². The lowest BCUT2D eigenvalue weighted by molar-refractivity contribution is 0.208. The molecule has 20 heavy (non-hydrogen) atoms. The molecule has 0 bridgehead atoms. The maximum atomic E-state index is 13.6. The maximum Gasteiger partial charge on any atom is 0.125 e. The zero-order valence-corrected chi connectivity index (χ0v) is 12.7. The van der Waals surface area contributed by atoms with Gasteiger partial charge in [-0.05, 0) is 49.3 Å². The van der Waals surface area contributed by atoms with E-state index in [9.17, 15) is 4.39 Å². The van der Waals surface area contributed by atoms with Crippen molar-refractivity contribution in [2.45, 2.75) is 45.0 Å². The van der Waals surface area contributed by atoms with Crippen LogP contribution in [0.2, 0.25) is 0 Å². The molecule has 3 unspecified atom stereocenters. The van der Waals surface area contributed by atoms with Gasteiger partial charge in [0.15, 0.2) is 0 Å². The maximum absolute atomic E-state index is 13.6. The third-order valence-corrected chi connectivity index (χ3v) is 4.80. The summed E-state index contributed by atoms with van der Waals surface area (Å²) in [5.41, 5.74) is 1.72. The van der Waals surface area contributed by atoms with Crippen molar-refractivity contribution in [3.63, 3.8) is 0 Å². The van der Waals surface area contributed by atoms with Gasteiger partial charge in [0.2, 0.25) is 0 Å². The first kappa shape index (κ1) is 13.9. The van der Waals surface area contributed by atoms with Crippen molar-refractivity contribution in [3.05, 3.63) is 29.8 Å². The highest BCUT2D eigenvalue weighted by Crippen LogP contribution is 2.39. The zero-order valence-electron chi connectivity index (χ0n) is 11.9. The van der Waals surface area contributed by atoms with Gasteiger partial charge in [0.1, 0.15) is 11.6 Å². The Kier molecular flexibility index (Phi) is 3.72. The van der Waals surface area contributed by atoms with Crippen LogP contribution in [0.4, 0.5) is 4.39 Å². The van der Waals surface area contributed by atoms with Crippen LogP contribution in [-0.2, 0) is 5.88 Å². The summed E-state index contributed by atoms with van der Waals surface area (Å²) in [6.07, 6.45) is 3.54. The molecule has 0 N–H and O–H groups in total. The van der Waals surface area contributed by atoms with Gasteiger partial charge in [0.25, 0.3) is 0 Å². The molecule has 1 aromatic heterocycles. The van der Waals surface area contributed by atoms with E-state index in [1.165, 1.54) is 18.9 Å². The Morgan fingerprint density at radius 2 is 2.15 bits per heavy atom. The van der Waals surface area contributed by atoms with Gasteiger partial charge in [0.05, 0.1) is 16.9 Å². The minimum atomic E-state index is -0.211. The van der Waals surface area contributed by atoms with Crippen molar-refractivity contribution in [2.24, 2.45) is 11.8 Å². The predicted molar refractivity (Wildman–Crippen MR) is 80.5 cm³/mol. The van der Waals surface area contributed by atoms with Crippen LogP contribution in [0, 0.1) is 17.7 Å². The number of nitrogens with zero attached hydrogens (tertiary/aromatic N) is 2. The molecule has 3 atom stereocenters. The number of rotatable bonds is 2. The fraction of sp³-hybridized carbons (Fsp3) is 0.562. The summed E-state index contributed by atoms with van der Waals surface area (Å²) in [5.74, 6) is 2.36. The van der Waals surface area contributed by atoms with Crippen LogP contribution in [0.15, 0.2) is 18.2 Å². The summed E-state index contributed by atoms with van der Waals surface area (Å²) in [6, 6.07) is 5.17. The van der Waals surface area contributed by atoms with Gasteiger partial charge in [-0.3, -0.25) is 0 Å². The molecule has 1 fully saturated rings. The molecule has 1 aliphatic carbocycles. The molecule has 1 heterocycles. The van der Waals surface area contributed by atoms with Gasteiger partial charge in [-0.25, -0.2) is 9.37 Å². The Morgan fingerprint density at radius 1 is 1.35 bits per heavy atom. The summed E-state index contributed by atoms with van der Waals surface area (Å²) in [6.45, 7) is 4.59. The summed E-state index contributed by atoms with van der Waals surface area (Å²) >= 11 is 6.06. The smallest absolute Gasteiger partial charge is 0.125 e. The SMILES string of the molecule is CC1CCC(n2c(CCl)nc3ccc(F)cc32)C(C)C1. The second kappa shape index (κ2) is 5.36. The van der Waals surface area contributed by atoms with E-state index in [0.29, 0.717) is 17.8 Å². The Balaban J connectivity index is 2.11. The van der Waals surface area contributed by atoms with E-state index in [1.807, 2.05) is 0 Å². The Labute approximate surface area is 123 Å². The zero-order chi connectivity index (χ0) is 14.3. The Morgan fingerprint density at radius 3 is 2.85 bits per heavy atom. The number of alkyl halides is 1. The fourth-order valence-electron chi connectivity index (χ4n) is 3.61. The average molecular weight is 295 g/mol. The molecule has 2 nitrogen and oxygen atoms in total. The second-order valence-electron chi connectivity index (χ2n) is 6.13. The van der Waals surface area contributed by atoms with Crippen LogP contribution in [0.3, 0.4) is 0 Å². The van der Waals surface area contributed by atoms with Gasteiger partial charge < -0.3 is 4.57 Å². The van der Waals surface area contributed by atoms with Gasteiger partial charge in [-0.15, -0.1) is 11.6 Å². The highest BCUT2D eigenvalue weighted by atomic mass is 35.5. The van der Waals surface area contributed by atoms with Crippen molar-refractivity contribution < 1.29 is 4.39 Å². The topological polar surface area (TPSA) is 17.8 Å². The number of hydrogen-bond donors (Lipinski definition) is 0. The monoisotopic (exact) mass is 294 g/mol. The van der Waals surface area contributed by atoms with Crippen LogP contribution in [0.5, 0.6) is 0 Å². The van der Waals surface area contributed by atoms with Crippen molar-refractivity contribution in [2.75, 3.05) is 0 Å². The molecule has 0 amide bonds. The van der Waals surface area contributed by atoms with Gasteiger partial charge in [0, 0.05) is 6.04 Å². The molecule has 2 aromatic rings. The lowest BCUT2D eigenvalue weighted by atomic mass is 9.79.